The van der Waals surface area contributed by atoms with E-state index in [0.29, 0.717) is 27.0 Å². The Labute approximate surface area is 188 Å². The molecular formula is C24H17Cl2FN2O2. The lowest BCUT2D eigenvalue weighted by molar-refractivity contribution is 0.103. The number of carbonyl (C=O) groups is 1. The second-order valence-corrected chi connectivity index (χ2v) is 7.95. The van der Waals surface area contributed by atoms with E-state index in [1.54, 1.807) is 72.3 Å². The van der Waals surface area contributed by atoms with Gasteiger partial charge in [-0.1, -0.05) is 35.3 Å². The minimum Gasteiger partial charge on any atom is -0.288 e. The van der Waals surface area contributed by atoms with Crippen LogP contribution < -0.4 is 5.56 Å². The van der Waals surface area contributed by atoms with E-state index in [4.69, 9.17) is 23.2 Å². The third-order valence-corrected chi connectivity index (χ3v) is 5.55. The van der Waals surface area contributed by atoms with E-state index in [1.165, 1.54) is 16.8 Å². The molecule has 0 radical (unpaired) electrons. The van der Waals surface area contributed by atoms with Gasteiger partial charge in [-0.2, -0.15) is 0 Å². The SMILES string of the molecule is Cc1c(C(=O)c2ccc(Cl)cc2)c(=O)n(-c2ccc(Cl)cc2)n1Cc1ccc(F)cc1. The molecule has 3 aromatic carbocycles. The number of benzene rings is 3. The Morgan fingerprint density at radius 3 is 2.00 bits per heavy atom. The predicted octanol–water partition coefficient (Wildman–Crippen LogP) is 5.67. The van der Waals surface area contributed by atoms with Gasteiger partial charge in [0.25, 0.3) is 5.56 Å². The lowest BCUT2D eigenvalue weighted by Gasteiger charge is -2.14. The van der Waals surface area contributed by atoms with Gasteiger partial charge in [0.05, 0.1) is 12.2 Å². The van der Waals surface area contributed by atoms with Crippen molar-refractivity contribution in [2.24, 2.45) is 0 Å². The highest BCUT2D eigenvalue weighted by Crippen LogP contribution is 2.20. The summed E-state index contributed by atoms with van der Waals surface area (Å²) < 4.78 is 16.5. The first kappa shape index (κ1) is 21.1. The second kappa shape index (κ2) is 8.53. The first-order valence-corrected chi connectivity index (χ1v) is 10.2. The van der Waals surface area contributed by atoms with Gasteiger partial charge in [-0.25, -0.2) is 9.07 Å². The predicted molar refractivity (Wildman–Crippen MR) is 120 cm³/mol. The molecule has 0 unspecified atom stereocenters. The summed E-state index contributed by atoms with van der Waals surface area (Å²) in [6.45, 7) is 2.00. The fourth-order valence-electron chi connectivity index (χ4n) is 3.45. The third-order valence-electron chi connectivity index (χ3n) is 5.05. The van der Waals surface area contributed by atoms with Crippen molar-refractivity contribution in [2.75, 3.05) is 0 Å². The van der Waals surface area contributed by atoms with Crippen molar-refractivity contribution in [1.82, 2.24) is 9.36 Å². The highest BCUT2D eigenvalue weighted by molar-refractivity contribution is 6.31. The van der Waals surface area contributed by atoms with Crippen LogP contribution in [0.3, 0.4) is 0 Å². The van der Waals surface area contributed by atoms with Gasteiger partial charge in [0.15, 0.2) is 5.78 Å². The summed E-state index contributed by atoms with van der Waals surface area (Å²) in [5.74, 6) is -0.735. The first-order valence-electron chi connectivity index (χ1n) is 9.48. The molecule has 0 aliphatic heterocycles. The largest absolute Gasteiger partial charge is 0.288 e. The van der Waals surface area contributed by atoms with Crippen LogP contribution in [0.15, 0.2) is 77.6 Å². The highest BCUT2D eigenvalue weighted by atomic mass is 35.5. The van der Waals surface area contributed by atoms with Gasteiger partial charge in [-0.3, -0.25) is 14.3 Å². The summed E-state index contributed by atoms with van der Waals surface area (Å²) >= 11 is 11.9. The maximum atomic E-state index is 13.4. The average molecular weight is 455 g/mol. The van der Waals surface area contributed by atoms with Crippen LogP contribution in [0.4, 0.5) is 4.39 Å². The Morgan fingerprint density at radius 1 is 0.871 bits per heavy atom. The zero-order chi connectivity index (χ0) is 22.1. The summed E-state index contributed by atoms with van der Waals surface area (Å²) in [5, 5.41) is 1.03. The Morgan fingerprint density at radius 2 is 1.42 bits per heavy atom. The molecule has 0 saturated carbocycles. The third kappa shape index (κ3) is 4.20. The van der Waals surface area contributed by atoms with E-state index in [2.05, 4.69) is 0 Å². The van der Waals surface area contributed by atoms with E-state index in [-0.39, 0.29) is 23.7 Å². The molecule has 0 saturated heterocycles. The monoisotopic (exact) mass is 454 g/mol. The number of rotatable bonds is 5. The standard InChI is InChI=1S/C24H17Cl2FN2O2/c1-15-22(23(30)17-4-6-18(25)7-5-17)24(31)29(21-12-8-19(26)9-13-21)28(15)14-16-2-10-20(27)11-3-16/h2-13H,14H2,1H3. The van der Waals surface area contributed by atoms with Crippen LogP contribution in [0.2, 0.25) is 10.0 Å². The van der Waals surface area contributed by atoms with E-state index < -0.39 is 5.56 Å². The Hall–Kier alpha value is -3.15. The number of carbonyl (C=O) groups excluding carboxylic acids is 1. The summed E-state index contributed by atoms with van der Waals surface area (Å²) in [6, 6.07) is 19.2. The topological polar surface area (TPSA) is 44.0 Å². The Kier molecular flexibility index (Phi) is 5.81. The van der Waals surface area contributed by atoms with Crippen molar-refractivity contribution < 1.29 is 9.18 Å². The van der Waals surface area contributed by atoms with Crippen LogP contribution in [0.25, 0.3) is 5.69 Å². The average Bonchev–Trinajstić information content (AvgIpc) is 3.00. The fraction of sp³-hybridized carbons (Fsp3) is 0.0833. The van der Waals surface area contributed by atoms with E-state index >= 15 is 0 Å². The lowest BCUT2D eigenvalue weighted by atomic mass is 10.0. The number of ketones is 1. The number of halogens is 3. The Balaban J connectivity index is 1.89. The van der Waals surface area contributed by atoms with E-state index in [0.717, 1.165) is 5.56 Å². The van der Waals surface area contributed by atoms with Gasteiger partial charge >= 0.3 is 0 Å². The molecule has 4 nitrogen and oxygen atoms in total. The molecule has 156 valence electrons. The van der Waals surface area contributed by atoms with Crippen LogP contribution in [-0.2, 0) is 6.54 Å². The van der Waals surface area contributed by atoms with Crippen molar-refractivity contribution in [3.8, 4) is 5.69 Å². The maximum Gasteiger partial charge on any atom is 0.282 e. The fourth-order valence-corrected chi connectivity index (χ4v) is 3.70. The quantitative estimate of drug-likeness (QED) is 0.364. The van der Waals surface area contributed by atoms with Crippen molar-refractivity contribution >= 4 is 29.0 Å². The molecule has 1 aromatic heterocycles. The van der Waals surface area contributed by atoms with Crippen molar-refractivity contribution in [3.63, 3.8) is 0 Å². The highest BCUT2D eigenvalue weighted by Gasteiger charge is 2.24. The van der Waals surface area contributed by atoms with Gasteiger partial charge in [-0.15, -0.1) is 0 Å². The maximum absolute atomic E-state index is 13.4. The molecule has 0 N–H and O–H groups in total. The molecule has 0 aliphatic carbocycles. The molecule has 31 heavy (non-hydrogen) atoms. The van der Waals surface area contributed by atoms with Crippen LogP contribution in [0.1, 0.15) is 27.2 Å². The van der Waals surface area contributed by atoms with Gasteiger partial charge in [-0.05, 0) is 73.2 Å². The summed E-state index contributed by atoms with van der Waals surface area (Å²) in [4.78, 5) is 26.6. The van der Waals surface area contributed by atoms with E-state index in [9.17, 15) is 14.0 Å². The number of aromatic nitrogens is 2. The Bertz CT molecular complexity index is 1310. The van der Waals surface area contributed by atoms with Gasteiger partial charge in [0.2, 0.25) is 0 Å². The molecular weight excluding hydrogens is 438 g/mol. The molecule has 4 aromatic rings. The molecule has 0 fully saturated rings. The number of hydrogen-bond donors (Lipinski definition) is 0. The summed E-state index contributed by atoms with van der Waals surface area (Å²) in [7, 11) is 0. The summed E-state index contributed by atoms with van der Waals surface area (Å²) in [6.07, 6.45) is 0. The second-order valence-electron chi connectivity index (χ2n) is 7.07. The van der Waals surface area contributed by atoms with Gasteiger partial charge in [0.1, 0.15) is 11.4 Å². The minimum atomic E-state index is -0.443. The van der Waals surface area contributed by atoms with Crippen molar-refractivity contribution in [2.45, 2.75) is 13.5 Å². The van der Waals surface area contributed by atoms with E-state index in [1.807, 2.05) is 0 Å². The van der Waals surface area contributed by atoms with Crippen LogP contribution >= 0.6 is 23.2 Å². The lowest BCUT2D eigenvalue weighted by Crippen LogP contribution is -2.24. The molecule has 0 amide bonds. The zero-order valence-corrected chi connectivity index (χ0v) is 18.0. The molecule has 1 heterocycles. The molecule has 0 spiro atoms. The number of hydrogen-bond acceptors (Lipinski definition) is 2. The van der Waals surface area contributed by atoms with Gasteiger partial charge < -0.3 is 0 Å². The van der Waals surface area contributed by atoms with Crippen LogP contribution in [-0.4, -0.2) is 15.1 Å². The normalized spacial score (nSPS) is 11.0. The van der Waals surface area contributed by atoms with Crippen molar-refractivity contribution in [3.05, 3.63) is 121 Å². The summed E-state index contributed by atoms with van der Waals surface area (Å²) in [5.41, 5.74) is 1.85. The molecule has 7 heteroatoms. The molecule has 0 atom stereocenters. The molecule has 0 aliphatic rings. The van der Waals surface area contributed by atoms with Gasteiger partial charge in [0, 0.05) is 21.3 Å². The first-order chi connectivity index (χ1) is 14.8. The number of nitrogens with zero attached hydrogens (tertiary/aromatic N) is 2. The zero-order valence-electron chi connectivity index (χ0n) is 16.5. The van der Waals surface area contributed by atoms with Crippen LogP contribution in [0.5, 0.6) is 0 Å². The molecule has 0 bridgehead atoms. The minimum absolute atomic E-state index is 0.0689. The van der Waals surface area contributed by atoms with Crippen molar-refractivity contribution in [1.29, 1.82) is 0 Å². The molecule has 4 rings (SSSR count). The smallest absolute Gasteiger partial charge is 0.282 e. The van der Waals surface area contributed by atoms with Crippen LogP contribution in [0, 0.1) is 12.7 Å².